The average Bonchev–Trinajstić information content (AvgIpc) is 2.39. The van der Waals surface area contributed by atoms with Gasteiger partial charge in [0, 0.05) is 25.3 Å². The number of nitrogens with one attached hydrogen (secondary N) is 1. The van der Waals surface area contributed by atoms with Gasteiger partial charge in [0.05, 0.1) is 0 Å². The van der Waals surface area contributed by atoms with Gasteiger partial charge in [-0.1, -0.05) is 13.3 Å². The van der Waals surface area contributed by atoms with E-state index in [0.29, 0.717) is 0 Å². The van der Waals surface area contributed by atoms with Gasteiger partial charge in [-0.2, -0.15) is 0 Å². The summed E-state index contributed by atoms with van der Waals surface area (Å²) < 4.78 is 5.40. The van der Waals surface area contributed by atoms with Crippen LogP contribution in [0.25, 0.3) is 0 Å². The number of unbranched alkanes of at least 4 members (excludes halogenated alkanes) is 1. The maximum Gasteiger partial charge on any atom is 0.0480 e. The SMILES string of the molecule is CCCCN1CCC(NC2CCOCC2)CC1. The minimum atomic E-state index is 0.718. The van der Waals surface area contributed by atoms with E-state index in [-0.39, 0.29) is 0 Å². The maximum atomic E-state index is 5.40. The summed E-state index contributed by atoms with van der Waals surface area (Å²) in [5.74, 6) is 0. The van der Waals surface area contributed by atoms with Gasteiger partial charge in [-0.3, -0.25) is 0 Å². The van der Waals surface area contributed by atoms with Crippen LogP contribution in [0.3, 0.4) is 0 Å². The molecule has 2 fully saturated rings. The number of hydrogen-bond donors (Lipinski definition) is 1. The van der Waals surface area contributed by atoms with Crippen molar-refractivity contribution < 1.29 is 4.74 Å². The van der Waals surface area contributed by atoms with E-state index in [9.17, 15) is 0 Å². The lowest BCUT2D eigenvalue weighted by molar-refractivity contribution is 0.0706. The molecule has 2 heterocycles. The Hall–Kier alpha value is -0.120. The molecule has 1 N–H and O–H groups in total. The van der Waals surface area contributed by atoms with Crippen molar-refractivity contribution in [3.8, 4) is 0 Å². The lowest BCUT2D eigenvalue weighted by Crippen LogP contribution is -2.47. The molecule has 0 spiro atoms. The van der Waals surface area contributed by atoms with E-state index in [1.165, 1.54) is 58.2 Å². The van der Waals surface area contributed by atoms with Crippen molar-refractivity contribution in [2.45, 2.75) is 57.5 Å². The van der Waals surface area contributed by atoms with E-state index in [2.05, 4.69) is 17.1 Å². The van der Waals surface area contributed by atoms with Crippen LogP contribution in [0.2, 0.25) is 0 Å². The van der Waals surface area contributed by atoms with Gasteiger partial charge < -0.3 is 15.0 Å². The molecule has 2 rings (SSSR count). The Labute approximate surface area is 106 Å². The van der Waals surface area contributed by atoms with Crippen molar-refractivity contribution in [1.82, 2.24) is 10.2 Å². The van der Waals surface area contributed by atoms with Crippen LogP contribution in [0, 0.1) is 0 Å². The normalized spacial score (nSPS) is 25.2. The molecule has 100 valence electrons. The number of likely N-dealkylation sites (tertiary alicyclic amines) is 1. The van der Waals surface area contributed by atoms with Crippen molar-refractivity contribution in [3.63, 3.8) is 0 Å². The van der Waals surface area contributed by atoms with Gasteiger partial charge in [0.1, 0.15) is 0 Å². The molecule has 0 saturated carbocycles. The zero-order valence-corrected chi connectivity index (χ0v) is 11.3. The molecular formula is C14H28N2O. The summed E-state index contributed by atoms with van der Waals surface area (Å²) in [6.45, 7) is 8.07. The van der Waals surface area contributed by atoms with E-state index >= 15 is 0 Å². The number of piperidine rings is 1. The van der Waals surface area contributed by atoms with E-state index in [0.717, 1.165) is 25.3 Å². The fraction of sp³-hybridized carbons (Fsp3) is 1.00. The molecule has 17 heavy (non-hydrogen) atoms. The van der Waals surface area contributed by atoms with Crippen molar-refractivity contribution in [2.24, 2.45) is 0 Å². The molecule has 3 nitrogen and oxygen atoms in total. The summed E-state index contributed by atoms with van der Waals surface area (Å²) in [6.07, 6.45) is 7.76. The second-order valence-electron chi connectivity index (χ2n) is 5.52. The molecular weight excluding hydrogens is 212 g/mol. The minimum absolute atomic E-state index is 0.718. The molecule has 0 aromatic carbocycles. The zero-order chi connectivity index (χ0) is 11.9. The van der Waals surface area contributed by atoms with Gasteiger partial charge in [-0.25, -0.2) is 0 Å². The van der Waals surface area contributed by atoms with E-state index in [1.807, 2.05) is 0 Å². The van der Waals surface area contributed by atoms with E-state index in [4.69, 9.17) is 4.74 Å². The predicted molar refractivity (Wildman–Crippen MR) is 71.3 cm³/mol. The summed E-state index contributed by atoms with van der Waals surface area (Å²) in [6, 6.07) is 1.48. The van der Waals surface area contributed by atoms with E-state index < -0.39 is 0 Å². The van der Waals surface area contributed by atoms with Crippen molar-refractivity contribution in [3.05, 3.63) is 0 Å². The van der Waals surface area contributed by atoms with Gasteiger partial charge in [-0.15, -0.1) is 0 Å². The number of ether oxygens (including phenoxy) is 1. The van der Waals surface area contributed by atoms with Gasteiger partial charge in [0.2, 0.25) is 0 Å². The average molecular weight is 240 g/mol. The lowest BCUT2D eigenvalue weighted by atomic mass is 10.0. The van der Waals surface area contributed by atoms with Gasteiger partial charge in [0.15, 0.2) is 0 Å². The molecule has 0 aliphatic carbocycles. The first-order valence-electron chi connectivity index (χ1n) is 7.44. The third kappa shape index (κ3) is 4.57. The molecule has 2 aliphatic rings. The molecule has 2 saturated heterocycles. The van der Waals surface area contributed by atoms with Crippen LogP contribution < -0.4 is 5.32 Å². The third-order valence-corrected chi connectivity index (χ3v) is 4.11. The van der Waals surface area contributed by atoms with Gasteiger partial charge in [0.25, 0.3) is 0 Å². The predicted octanol–water partition coefficient (Wildman–Crippen LogP) is 2.02. The molecule has 3 heteroatoms. The second-order valence-corrected chi connectivity index (χ2v) is 5.52. The topological polar surface area (TPSA) is 24.5 Å². The quantitative estimate of drug-likeness (QED) is 0.795. The highest BCUT2D eigenvalue weighted by molar-refractivity contribution is 4.81. The number of rotatable bonds is 5. The van der Waals surface area contributed by atoms with Crippen LogP contribution in [-0.2, 0) is 4.74 Å². The number of hydrogen-bond acceptors (Lipinski definition) is 3. The smallest absolute Gasteiger partial charge is 0.0480 e. The minimum Gasteiger partial charge on any atom is -0.381 e. The molecule has 0 unspecified atom stereocenters. The Morgan fingerprint density at radius 2 is 1.71 bits per heavy atom. The molecule has 0 atom stereocenters. The zero-order valence-electron chi connectivity index (χ0n) is 11.3. The Morgan fingerprint density at radius 3 is 2.35 bits per heavy atom. The lowest BCUT2D eigenvalue weighted by Gasteiger charge is -2.35. The highest BCUT2D eigenvalue weighted by atomic mass is 16.5. The summed E-state index contributed by atoms with van der Waals surface area (Å²) in [4.78, 5) is 2.63. The molecule has 0 aromatic rings. The van der Waals surface area contributed by atoms with Crippen molar-refractivity contribution >= 4 is 0 Å². The molecule has 0 bridgehead atoms. The third-order valence-electron chi connectivity index (χ3n) is 4.11. The summed E-state index contributed by atoms with van der Waals surface area (Å²) in [7, 11) is 0. The van der Waals surface area contributed by atoms with Crippen LogP contribution in [0.4, 0.5) is 0 Å². The largest absolute Gasteiger partial charge is 0.381 e. The Kier molecular flexibility index (Phi) is 5.75. The first kappa shape index (κ1) is 13.3. The molecule has 0 amide bonds. The Bertz CT molecular complexity index is 196. The van der Waals surface area contributed by atoms with Crippen LogP contribution >= 0.6 is 0 Å². The van der Waals surface area contributed by atoms with Gasteiger partial charge >= 0.3 is 0 Å². The van der Waals surface area contributed by atoms with Crippen molar-refractivity contribution in [1.29, 1.82) is 0 Å². The summed E-state index contributed by atoms with van der Waals surface area (Å²) >= 11 is 0. The van der Waals surface area contributed by atoms with Crippen LogP contribution in [0.1, 0.15) is 45.4 Å². The molecule has 2 aliphatic heterocycles. The first-order chi connectivity index (χ1) is 8.38. The Balaban J connectivity index is 1.61. The summed E-state index contributed by atoms with van der Waals surface area (Å²) in [5, 5.41) is 3.83. The highest BCUT2D eigenvalue weighted by Crippen LogP contribution is 2.14. The first-order valence-corrected chi connectivity index (χ1v) is 7.44. The second kappa shape index (κ2) is 7.34. The fourth-order valence-electron chi connectivity index (χ4n) is 2.90. The Morgan fingerprint density at radius 1 is 1.06 bits per heavy atom. The van der Waals surface area contributed by atoms with Gasteiger partial charge in [-0.05, 0) is 51.7 Å². The highest BCUT2D eigenvalue weighted by Gasteiger charge is 2.22. The standard InChI is InChI=1S/C14H28N2O/c1-2-3-8-16-9-4-13(5-10-16)15-14-6-11-17-12-7-14/h13-15H,2-12H2,1H3. The van der Waals surface area contributed by atoms with Crippen LogP contribution in [0.5, 0.6) is 0 Å². The fourth-order valence-corrected chi connectivity index (χ4v) is 2.90. The van der Waals surface area contributed by atoms with Crippen molar-refractivity contribution in [2.75, 3.05) is 32.8 Å². The molecule has 0 aromatic heterocycles. The summed E-state index contributed by atoms with van der Waals surface area (Å²) in [5.41, 5.74) is 0. The monoisotopic (exact) mass is 240 g/mol. The molecule has 0 radical (unpaired) electrons. The number of nitrogens with zero attached hydrogens (tertiary/aromatic N) is 1. The van der Waals surface area contributed by atoms with E-state index in [1.54, 1.807) is 0 Å². The van der Waals surface area contributed by atoms with Crippen LogP contribution in [-0.4, -0.2) is 49.8 Å². The maximum absolute atomic E-state index is 5.40. The van der Waals surface area contributed by atoms with Crippen LogP contribution in [0.15, 0.2) is 0 Å².